The molecule has 0 radical (unpaired) electrons. The van der Waals surface area contributed by atoms with Gasteiger partial charge in [-0.2, -0.15) is 13.2 Å². The van der Waals surface area contributed by atoms with Gasteiger partial charge < -0.3 is 15.1 Å². The average Bonchev–Trinajstić information content (AvgIpc) is 2.89. The SMILES string of the molecule is Cc1ccc(NC(=O)c2cc(C(F)(F)F)ccc2N2CCN(C)CC2)cc1-c1ccc2ccncc2c1. The molecule has 1 fully saturated rings. The number of pyridine rings is 1. The zero-order chi connectivity index (χ0) is 26.2. The smallest absolute Gasteiger partial charge is 0.368 e. The Labute approximate surface area is 213 Å². The van der Waals surface area contributed by atoms with Gasteiger partial charge in [0.2, 0.25) is 0 Å². The first-order valence-electron chi connectivity index (χ1n) is 12.1. The van der Waals surface area contributed by atoms with E-state index in [4.69, 9.17) is 0 Å². The highest BCUT2D eigenvalue weighted by molar-refractivity contribution is 6.08. The van der Waals surface area contributed by atoms with Crippen LogP contribution in [-0.2, 0) is 6.18 Å². The Morgan fingerprint density at radius 3 is 2.46 bits per heavy atom. The number of carbonyl (C=O) groups excluding carboxylic acids is 1. The van der Waals surface area contributed by atoms with Crippen molar-refractivity contribution in [3.8, 4) is 11.1 Å². The van der Waals surface area contributed by atoms with Crippen LogP contribution in [-0.4, -0.2) is 49.0 Å². The van der Waals surface area contributed by atoms with Crippen LogP contribution in [0.15, 0.2) is 73.1 Å². The van der Waals surface area contributed by atoms with E-state index in [1.165, 1.54) is 6.07 Å². The lowest BCUT2D eigenvalue weighted by molar-refractivity contribution is -0.137. The number of halogens is 3. The first-order valence-corrected chi connectivity index (χ1v) is 12.1. The van der Waals surface area contributed by atoms with E-state index in [1.807, 2.05) is 55.3 Å². The fourth-order valence-corrected chi connectivity index (χ4v) is 4.68. The number of benzene rings is 3. The molecule has 0 aliphatic carbocycles. The van der Waals surface area contributed by atoms with Crippen LogP contribution in [0, 0.1) is 6.92 Å². The van der Waals surface area contributed by atoms with E-state index in [9.17, 15) is 18.0 Å². The maximum atomic E-state index is 13.5. The Balaban J connectivity index is 1.48. The quantitative estimate of drug-likeness (QED) is 0.358. The third kappa shape index (κ3) is 5.29. The minimum atomic E-state index is -4.54. The molecule has 4 aromatic rings. The van der Waals surface area contributed by atoms with Gasteiger partial charge in [-0.1, -0.05) is 18.2 Å². The van der Waals surface area contributed by atoms with Gasteiger partial charge in [0.25, 0.3) is 5.91 Å². The fraction of sp³-hybridized carbons (Fsp3) is 0.241. The first-order chi connectivity index (χ1) is 17.7. The van der Waals surface area contributed by atoms with E-state index in [0.717, 1.165) is 52.7 Å². The van der Waals surface area contributed by atoms with Crippen molar-refractivity contribution in [1.29, 1.82) is 0 Å². The largest absolute Gasteiger partial charge is 0.416 e. The van der Waals surface area contributed by atoms with Gasteiger partial charge >= 0.3 is 6.18 Å². The number of nitrogens with zero attached hydrogens (tertiary/aromatic N) is 3. The summed E-state index contributed by atoms with van der Waals surface area (Å²) in [6.07, 6.45) is -1.00. The third-order valence-electron chi connectivity index (χ3n) is 6.86. The maximum absolute atomic E-state index is 13.5. The number of aromatic nitrogens is 1. The first kappa shape index (κ1) is 24.8. The number of rotatable bonds is 4. The molecule has 1 amide bonds. The summed E-state index contributed by atoms with van der Waals surface area (Å²) in [5.41, 5.74) is 3.09. The number of amides is 1. The van der Waals surface area contributed by atoms with Gasteiger partial charge in [0, 0.05) is 55.3 Å². The summed E-state index contributed by atoms with van der Waals surface area (Å²) >= 11 is 0. The van der Waals surface area contributed by atoms with E-state index in [1.54, 1.807) is 18.5 Å². The van der Waals surface area contributed by atoms with Crippen LogP contribution in [0.25, 0.3) is 21.9 Å². The summed E-state index contributed by atoms with van der Waals surface area (Å²) in [7, 11) is 2.00. The van der Waals surface area contributed by atoms with E-state index >= 15 is 0 Å². The summed E-state index contributed by atoms with van der Waals surface area (Å²) in [5.74, 6) is -0.572. The maximum Gasteiger partial charge on any atom is 0.416 e. The molecule has 0 spiro atoms. The summed E-state index contributed by atoms with van der Waals surface area (Å²) in [5, 5.41) is 4.91. The highest BCUT2D eigenvalue weighted by Gasteiger charge is 2.32. The van der Waals surface area contributed by atoms with Gasteiger partial charge in [-0.05, 0) is 78.5 Å². The average molecular weight is 505 g/mol. The standard InChI is InChI=1S/C29H27F3N4O/c1-19-3-7-24(17-25(19)21-5-4-20-9-10-33-18-22(20)15-21)34-28(37)26-16-23(29(30,31)32)6-8-27(26)36-13-11-35(2)12-14-36/h3-10,15-18H,11-14H2,1-2H3,(H,34,37). The number of alkyl halides is 3. The van der Waals surface area contributed by atoms with Crippen LogP contribution >= 0.6 is 0 Å². The minimum absolute atomic E-state index is 0.0123. The molecule has 1 aliphatic rings. The number of piperazine rings is 1. The number of aryl methyl sites for hydroxylation is 1. The number of anilines is 2. The number of carbonyl (C=O) groups is 1. The zero-order valence-corrected chi connectivity index (χ0v) is 20.6. The van der Waals surface area contributed by atoms with Crippen LogP contribution in [0.5, 0.6) is 0 Å². The normalized spacial score (nSPS) is 14.7. The molecule has 0 bridgehead atoms. The van der Waals surface area contributed by atoms with Gasteiger partial charge in [-0.25, -0.2) is 0 Å². The van der Waals surface area contributed by atoms with E-state index < -0.39 is 17.6 Å². The highest BCUT2D eigenvalue weighted by atomic mass is 19.4. The van der Waals surface area contributed by atoms with Crippen LogP contribution in [0.1, 0.15) is 21.5 Å². The second kappa shape index (κ2) is 9.86. The lowest BCUT2D eigenvalue weighted by Crippen LogP contribution is -2.45. The lowest BCUT2D eigenvalue weighted by Gasteiger charge is -2.35. The summed E-state index contributed by atoms with van der Waals surface area (Å²) in [6.45, 7) is 4.78. The molecule has 3 aromatic carbocycles. The van der Waals surface area contributed by atoms with Crippen molar-refractivity contribution in [3.05, 3.63) is 89.7 Å². The van der Waals surface area contributed by atoms with E-state index in [0.29, 0.717) is 24.5 Å². The number of fused-ring (bicyclic) bond motifs is 1. The Morgan fingerprint density at radius 2 is 1.70 bits per heavy atom. The van der Waals surface area contributed by atoms with Crippen molar-refractivity contribution in [2.24, 2.45) is 0 Å². The Hall–Kier alpha value is -3.91. The molecule has 0 unspecified atom stereocenters. The molecule has 8 heteroatoms. The predicted octanol–water partition coefficient (Wildman–Crippen LogP) is 6.23. The fourth-order valence-electron chi connectivity index (χ4n) is 4.68. The molecule has 5 rings (SSSR count). The second-order valence-corrected chi connectivity index (χ2v) is 9.44. The highest BCUT2D eigenvalue weighted by Crippen LogP contribution is 2.34. The third-order valence-corrected chi connectivity index (χ3v) is 6.86. The Morgan fingerprint density at radius 1 is 0.919 bits per heavy atom. The number of nitrogens with one attached hydrogen (secondary N) is 1. The van der Waals surface area contributed by atoms with Crippen LogP contribution < -0.4 is 10.2 Å². The van der Waals surface area contributed by atoms with Crippen LogP contribution in [0.4, 0.5) is 24.5 Å². The van der Waals surface area contributed by atoms with Crippen LogP contribution in [0.3, 0.4) is 0 Å². The molecule has 0 saturated carbocycles. The number of hydrogen-bond acceptors (Lipinski definition) is 4. The van der Waals surface area contributed by atoms with Gasteiger partial charge in [-0.3, -0.25) is 9.78 Å². The van der Waals surface area contributed by atoms with Gasteiger partial charge in [-0.15, -0.1) is 0 Å². The van der Waals surface area contributed by atoms with Gasteiger partial charge in [0.05, 0.1) is 11.1 Å². The van der Waals surface area contributed by atoms with Crippen molar-refractivity contribution >= 4 is 28.1 Å². The summed E-state index contributed by atoms with van der Waals surface area (Å²) in [4.78, 5) is 21.7. The molecule has 0 atom stereocenters. The molecule has 5 nitrogen and oxygen atoms in total. The van der Waals surface area contributed by atoms with Crippen LogP contribution in [0.2, 0.25) is 0 Å². The summed E-state index contributed by atoms with van der Waals surface area (Å²) in [6, 6.07) is 16.9. The Bertz CT molecular complexity index is 1460. The monoisotopic (exact) mass is 504 g/mol. The molecule has 1 saturated heterocycles. The molecular formula is C29H27F3N4O. The molecular weight excluding hydrogens is 477 g/mol. The number of hydrogen-bond donors (Lipinski definition) is 1. The van der Waals surface area contributed by atoms with E-state index in [2.05, 4.69) is 15.2 Å². The van der Waals surface area contributed by atoms with Crippen molar-refractivity contribution < 1.29 is 18.0 Å². The minimum Gasteiger partial charge on any atom is -0.368 e. The molecule has 1 aromatic heterocycles. The van der Waals surface area contributed by atoms with Gasteiger partial charge in [0.15, 0.2) is 0 Å². The molecule has 2 heterocycles. The van der Waals surface area contributed by atoms with Crippen molar-refractivity contribution in [2.75, 3.05) is 43.4 Å². The van der Waals surface area contributed by atoms with Crippen molar-refractivity contribution in [3.63, 3.8) is 0 Å². The number of likely N-dealkylation sites (N-methyl/N-ethyl adjacent to an activating group) is 1. The van der Waals surface area contributed by atoms with Crippen molar-refractivity contribution in [1.82, 2.24) is 9.88 Å². The van der Waals surface area contributed by atoms with Gasteiger partial charge in [0.1, 0.15) is 0 Å². The molecule has 1 aliphatic heterocycles. The molecule has 190 valence electrons. The zero-order valence-electron chi connectivity index (χ0n) is 20.6. The van der Waals surface area contributed by atoms with Crippen molar-refractivity contribution in [2.45, 2.75) is 13.1 Å². The van der Waals surface area contributed by atoms with E-state index in [-0.39, 0.29) is 5.56 Å². The topological polar surface area (TPSA) is 48.5 Å². The molecule has 37 heavy (non-hydrogen) atoms. The Kier molecular flexibility index (Phi) is 6.60. The lowest BCUT2D eigenvalue weighted by atomic mass is 9.97. The summed E-state index contributed by atoms with van der Waals surface area (Å²) < 4.78 is 40.6. The predicted molar refractivity (Wildman–Crippen MR) is 141 cm³/mol. The second-order valence-electron chi connectivity index (χ2n) is 9.44. The molecule has 1 N–H and O–H groups in total.